The Hall–Kier alpha value is -2.86. The van der Waals surface area contributed by atoms with Crippen LogP contribution in [-0.4, -0.2) is 30.4 Å². The van der Waals surface area contributed by atoms with Crippen LogP contribution in [0, 0.1) is 0 Å². The van der Waals surface area contributed by atoms with Crippen molar-refractivity contribution in [1.29, 1.82) is 0 Å². The number of carbonyl (C=O) groups excluding carboxylic acids is 3. The van der Waals surface area contributed by atoms with E-state index in [1.54, 1.807) is 43.3 Å². The van der Waals surface area contributed by atoms with Crippen LogP contribution < -0.4 is 10.2 Å². The van der Waals surface area contributed by atoms with Gasteiger partial charge in [-0.3, -0.25) is 9.59 Å². The summed E-state index contributed by atoms with van der Waals surface area (Å²) < 4.78 is 5.14. The molecular formula is C19H17ClN2O4. The molecule has 0 aliphatic carbocycles. The van der Waals surface area contributed by atoms with Gasteiger partial charge in [-0.15, -0.1) is 0 Å². The Morgan fingerprint density at radius 2 is 1.88 bits per heavy atom. The smallest absolute Gasteiger partial charge is 0.338 e. The molecule has 0 saturated carbocycles. The van der Waals surface area contributed by atoms with E-state index >= 15 is 0 Å². The molecule has 0 saturated heterocycles. The summed E-state index contributed by atoms with van der Waals surface area (Å²) >= 11 is 5.79. The zero-order valence-corrected chi connectivity index (χ0v) is 14.8. The molecule has 0 aromatic heterocycles. The number of halogens is 1. The number of anilines is 2. The molecule has 0 spiro atoms. The van der Waals surface area contributed by atoms with E-state index in [9.17, 15) is 14.4 Å². The summed E-state index contributed by atoms with van der Waals surface area (Å²) in [7, 11) is 0. The molecule has 0 radical (unpaired) electrons. The van der Waals surface area contributed by atoms with E-state index < -0.39 is 18.5 Å². The number of benzene rings is 2. The van der Waals surface area contributed by atoms with Crippen LogP contribution in [0.4, 0.5) is 11.4 Å². The monoisotopic (exact) mass is 372 g/mol. The minimum absolute atomic E-state index is 0.158. The zero-order valence-electron chi connectivity index (χ0n) is 14.1. The van der Waals surface area contributed by atoms with Gasteiger partial charge in [-0.1, -0.05) is 23.7 Å². The lowest BCUT2D eigenvalue weighted by Gasteiger charge is -2.27. The summed E-state index contributed by atoms with van der Waals surface area (Å²) in [6, 6.07) is 12.9. The second kappa shape index (κ2) is 7.58. The van der Waals surface area contributed by atoms with E-state index in [4.69, 9.17) is 16.3 Å². The molecule has 6 nitrogen and oxygen atoms in total. The number of carbonyl (C=O) groups is 3. The molecule has 1 N–H and O–H groups in total. The molecule has 1 unspecified atom stereocenters. The molecule has 3 rings (SSSR count). The van der Waals surface area contributed by atoms with Crippen LogP contribution in [0.15, 0.2) is 48.5 Å². The molecule has 7 heteroatoms. The molecule has 2 aromatic rings. The predicted octanol–water partition coefficient (Wildman–Crippen LogP) is 3.26. The van der Waals surface area contributed by atoms with E-state index in [0.717, 1.165) is 0 Å². The molecule has 1 atom stereocenters. The number of nitrogens with one attached hydrogen (secondary N) is 1. The number of ether oxygens (including phenoxy) is 1. The molecule has 0 fully saturated rings. The van der Waals surface area contributed by atoms with Crippen LogP contribution in [0.5, 0.6) is 0 Å². The van der Waals surface area contributed by atoms with Crippen LogP contribution in [0.25, 0.3) is 0 Å². The van der Waals surface area contributed by atoms with Crippen molar-refractivity contribution in [2.45, 2.75) is 19.4 Å². The minimum atomic E-state index is -0.611. The Morgan fingerprint density at radius 3 is 2.62 bits per heavy atom. The quantitative estimate of drug-likeness (QED) is 0.839. The minimum Gasteiger partial charge on any atom is -0.452 e. The average Bonchev–Trinajstić information content (AvgIpc) is 2.74. The van der Waals surface area contributed by atoms with Crippen LogP contribution in [-0.2, 0) is 14.3 Å². The summed E-state index contributed by atoms with van der Waals surface area (Å²) in [5, 5.41) is 3.29. The second-order valence-electron chi connectivity index (χ2n) is 5.97. The van der Waals surface area contributed by atoms with Gasteiger partial charge in [0, 0.05) is 17.5 Å². The molecule has 1 aliphatic rings. The van der Waals surface area contributed by atoms with Crippen molar-refractivity contribution in [2.24, 2.45) is 0 Å². The third kappa shape index (κ3) is 3.86. The molecule has 134 valence electrons. The lowest BCUT2D eigenvalue weighted by Crippen LogP contribution is -2.41. The van der Waals surface area contributed by atoms with E-state index in [1.165, 1.54) is 17.0 Å². The number of fused-ring (bicyclic) bond motifs is 1. The van der Waals surface area contributed by atoms with Crippen molar-refractivity contribution >= 4 is 40.8 Å². The normalized spacial score (nSPS) is 16.3. The predicted molar refractivity (Wildman–Crippen MR) is 98.4 cm³/mol. The molecule has 0 bridgehead atoms. The molecule has 1 aliphatic heterocycles. The van der Waals surface area contributed by atoms with E-state index in [2.05, 4.69) is 5.32 Å². The van der Waals surface area contributed by atoms with Crippen molar-refractivity contribution < 1.29 is 19.1 Å². The first-order valence-electron chi connectivity index (χ1n) is 8.09. The zero-order chi connectivity index (χ0) is 18.7. The fraction of sp³-hybridized carbons (Fsp3) is 0.211. The Morgan fingerprint density at radius 1 is 1.19 bits per heavy atom. The number of nitrogens with zero attached hydrogens (tertiary/aromatic N) is 1. The van der Waals surface area contributed by atoms with E-state index in [1.807, 2.05) is 0 Å². The van der Waals surface area contributed by atoms with Crippen molar-refractivity contribution in [3.05, 3.63) is 59.1 Å². The summed E-state index contributed by atoms with van der Waals surface area (Å²) in [4.78, 5) is 38.2. The van der Waals surface area contributed by atoms with Crippen LogP contribution in [0.2, 0.25) is 5.02 Å². The SMILES string of the molecule is CC1CC(=O)Nc2ccccc2N1C(=O)COC(=O)c1ccc(Cl)cc1. The van der Waals surface area contributed by atoms with Gasteiger partial charge in [0.05, 0.1) is 16.9 Å². The maximum absolute atomic E-state index is 12.7. The summed E-state index contributed by atoms with van der Waals surface area (Å²) in [6.07, 6.45) is 0.158. The maximum Gasteiger partial charge on any atom is 0.338 e. The summed E-state index contributed by atoms with van der Waals surface area (Å²) in [5.41, 5.74) is 1.45. The highest BCUT2D eigenvalue weighted by molar-refractivity contribution is 6.30. The third-order valence-corrected chi connectivity index (χ3v) is 4.29. The number of rotatable bonds is 3. The fourth-order valence-electron chi connectivity index (χ4n) is 2.83. The summed E-state index contributed by atoms with van der Waals surface area (Å²) in [6.45, 7) is 1.36. The largest absolute Gasteiger partial charge is 0.452 e. The number of para-hydroxylation sites is 2. The van der Waals surface area contributed by atoms with Gasteiger partial charge in [0.25, 0.3) is 5.91 Å². The van der Waals surface area contributed by atoms with Gasteiger partial charge < -0.3 is 15.0 Å². The highest BCUT2D eigenvalue weighted by atomic mass is 35.5. The van der Waals surface area contributed by atoms with Gasteiger partial charge in [-0.25, -0.2) is 4.79 Å². The molecular weight excluding hydrogens is 356 g/mol. The Labute approximate surface area is 155 Å². The van der Waals surface area contributed by atoms with Gasteiger partial charge >= 0.3 is 5.97 Å². The van der Waals surface area contributed by atoms with Crippen molar-refractivity contribution in [2.75, 3.05) is 16.8 Å². The van der Waals surface area contributed by atoms with Gasteiger partial charge in [-0.2, -0.15) is 0 Å². The molecule has 2 amide bonds. The van der Waals surface area contributed by atoms with Crippen molar-refractivity contribution in [3.8, 4) is 0 Å². The Balaban J connectivity index is 1.75. The lowest BCUT2D eigenvalue weighted by atomic mass is 10.1. The highest BCUT2D eigenvalue weighted by Gasteiger charge is 2.30. The first-order valence-corrected chi connectivity index (χ1v) is 8.47. The highest BCUT2D eigenvalue weighted by Crippen LogP contribution is 2.31. The average molecular weight is 373 g/mol. The summed E-state index contributed by atoms with van der Waals surface area (Å²) in [5.74, 6) is -1.18. The van der Waals surface area contributed by atoms with Crippen LogP contribution >= 0.6 is 11.6 Å². The molecule has 2 aromatic carbocycles. The van der Waals surface area contributed by atoms with E-state index in [-0.39, 0.29) is 18.4 Å². The Kier molecular flexibility index (Phi) is 5.23. The van der Waals surface area contributed by atoms with Gasteiger partial charge in [0.1, 0.15) is 0 Å². The van der Waals surface area contributed by atoms with E-state index in [0.29, 0.717) is 22.0 Å². The number of hydrogen-bond acceptors (Lipinski definition) is 4. The number of amides is 2. The lowest BCUT2D eigenvalue weighted by molar-refractivity contribution is -0.122. The number of hydrogen-bond donors (Lipinski definition) is 1. The van der Waals surface area contributed by atoms with Gasteiger partial charge in [0.15, 0.2) is 6.61 Å². The number of esters is 1. The van der Waals surface area contributed by atoms with Crippen LogP contribution in [0.3, 0.4) is 0 Å². The fourth-order valence-corrected chi connectivity index (χ4v) is 2.96. The van der Waals surface area contributed by atoms with Crippen LogP contribution in [0.1, 0.15) is 23.7 Å². The first kappa shape index (κ1) is 17.9. The third-order valence-electron chi connectivity index (χ3n) is 4.03. The van der Waals surface area contributed by atoms with Crippen molar-refractivity contribution in [3.63, 3.8) is 0 Å². The Bertz CT molecular complexity index is 851. The van der Waals surface area contributed by atoms with Gasteiger partial charge in [-0.05, 0) is 43.3 Å². The van der Waals surface area contributed by atoms with Crippen molar-refractivity contribution in [1.82, 2.24) is 0 Å². The first-order chi connectivity index (χ1) is 12.5. The second-order valence-corrected chi connectivity index (χ2v) is 6.40. The topological polar surface area (TPSA) is 75.7 Å². The standard InChI is InChI=1S/C19H17ClN2O4/c1-12-10-17(23)21-15-4-2-3-5-16(15)22(12)18(24)11-26-19(25)13-6-8-14(20)9-7-13/h2-9,12H,10-11H2,1H3,(H,21,23). The molecule has 26 heavy (non-hydrogen) atoms. The maximum atomic E-state index is 12.7. The van der Waals surface area contributed by atoms with Gasteiger partial charge in [0.2, 0.25) is 5.91 Å². The molecule has 1 heterocycles.